The van der Waals surface area contributed by atoms with Gasteiger partial charge >= 0.3 is 0 Å². The summed E-state index contributed by atoms with van der Waals surface area (Å²) in [5, 5.41) is 9.24. The molecule has 1 aliphatic heterocycles. The maximum atomic E-state index is 12.1. The Morgan fingerprint density at radius 2 is 2.11 bits per heavy atom. The molecule has 0 saturated carbocycles. The number of ketones is 1. The van der Waals surface area contributed by atoms with E-state index in [0.29, 0.717) is 6.54 Å². The number of hydrogen-bond acceptors (Lipinski definition) is 3. The first kappa shape index (κ1) is 13.2. The van der Waals surface area contributed by atoms with E-state index < -0.39 is 0 Å². The molecule has 2 rings (SSSR count). The average Bonchev–Trinajstić information content (AvgIpc) is 2.86. The monoisotopic (exact) mass is 247 g/mol. The van der Waals surface area contributed by atoms with Crippen molar-refractivity contribution in [3.05, 3.63) is 35.4 Å². The molecule has 0 bridgehead atoms. The number of benzene rings is 1. The molecule has 1 aromatic rings. The lowest BCUT2D eigenvalue weighted by molar-refractivity contribution is 0.0888. The maximum Gasteiger partial charge on any atom is 0.176 e. The fourth-order valence-electron chi connectivity index (χ4n) is 2.51. The number of nitrogens with zero attached hydrogens (tertiary/aromatic N) is 1. The van der Waals surface area contributed by atoms with Gasteiger partial charge in [-0.25, -0.2) is 0 Å². The van der Waals surface area contributed by atoms with Crippen LogP contribution in [-0.4, -0.2) is 41.5 Å². The largest absolute Gasteiger partial charge is 0.395 e. The van der Waals surface area contributed by atoms with Crippen LogP contribution in [0.25, 0.3) is 0 Å². The molecule has 1 unspecified atom stereocenters. The highest BCUT2D eigenvalue weighted by atomic mass is 16.3. The summed E-state index contributed by atoms with van der Waals surface area (Å²) in [6.45, 7) is 3.61. The third kappa shape index (κ3) is 2.98. The molecule has 1 atom stereocenters. The first-order valence-corrected chi connectivity index (χ1v) is 6.71. The van der Waals surface area contributed by atoms with Gasteiger partial charge in [0.15, 0.2) is 5.78 Å². The van der Waals surface area contributed by atoms with Gasteiger partial charge in [-0.1, -0.05) is 31.2 Å². The molecule has 1 N–H and O–H groups in total. The number of hydrogen-bond donors (Lipinski definition) is 1. The van der Waals surface area contributed by atoms with Crippen molar-refractivity contribution in [3.8, 4) is 0 Å². The fourth-order valence-corrected chi connectivity index (χ4v) is 2.51. The second-order valence-electron chi connectivity index (χ2n) is 4.92. The minimum Gasteiger partial charge on any atom is -0.395 e. The molecule has 1 saturated heterocycles. The van der Waals surface area contributed by atoms with E-state index in [4.69, 9.17) is 0 Å². The number of carbonyl (C=O) groups excluding carboxylic acids is 1. The first-order chi connectivity index (χ1) is 8.74. The number of aliphatic hydroxyl groups excluding tert-OH is 1. The van der Waals surface area contributed by atoms with E-state index in [0.717, 1.165) is 31.4 Å². The minimum atomic E-state index is 0.151. The highest BCUT2D eigenvalue weighted by molar-refractivity contribution is 5.97. The van der Waals surface area contributed by atoms with E-state index in [1.165, 1.54) is 5.56 Å². The van der Waals surface area contributed by atoms with Gasteiger partial charge < -0.3 is 5.11 Å². The van der Waals surface area contributed by atoms with Crippen LogP contribution >= 0.6 is 0 Å². The highest BCUT2D eigenvalue weighted by Gasteiger charge is 2.25. The third-order valence-electron chi connectivity index (χ3n) is 3.74. The first-order valence-electron chi connectivity index (χ1n) is 6.71. The molecular weight excluding hydrogens is 226 g/mol. The van der Waals surface area contributed by atoms with Crippen LogP contribution in [0.15, 0.2) is 24.3 Å². The Balaban J connectivity index is 1.98. The number of aliphatic hydroxyl groups is 1. The van der Waals surface area contributed by atoms with Crippen molar-refractivity contribution >= 4 is 5.78 Å². The topological polar surface area (TPSA) is 40.5 Å². The Kier molecular flexibility index (Phi) is 4.50. The molecule has 18 heavy (non-hydrogen) atoms. The van der Waals surface area contributed by atoms with Gasteiger partial charge in [0, 0.05) is 11.6 Å². The van der Waals surface area contributed by atoms with E-state index in [1.807, 2.05) is 24.3 Å². The normalized spacial score (nSPS) is 20.2. The zero-order chi connectivity index (χ0) is 13.0. The molecule has 0 radical (unpaired) electrons. The number of Topliss-reactive ketones (excluding diaryl/α,β-unsaturated/α-hetero) is 1. The quantitative estimate of drug-likeness (QED) is 0.808. The van der Waals surface area contributed by atoms with Crippen molar-refractivity contribution in [1.82, 2.24) is 4.90 Å². The van der Waals surface area contributed by atoms with Crippen LogP contribution in [0.1, 0.15) is 35.7 Å². The summed E-state index contributed by atoms with van der Waals surface area (Å²) < 4.78 is 0. The Morgan fingerprint density at radius 1 is 1.39 bits per heavy atom. The van der Waals surface area contributed by atoms with Crippen LogP contribution in [0, 0.1) is 0 Å². The maximum absolute atomic E-state index is 12.1. The van der Waals surface area contributed by atoms with Crippen molar-refractivity contribution in [2.75, 3.05) is 19.7 Å². The molecular formula is C15H21NO2. The van der Waals surface area contributed by atoms with E-state index in [9.17, 15) is 9.90 Å². The van der Waals surface area contributed by atoms with Crippen LogP contribution in [0.4, 0.5) is 0 Å². The minimum absolute atomic E-state index is 0.151. The van der Waals surface area contributed by atoms with Gasteiger partial charge in [-0.3, -0.25) is 9.69 Å². The molecule has 0 aliphatic carbocycles. The molecule has 3 heteroatoms. The Hall–Kier alpha value is -1.19. The standard InChI is InChI=1S/C15H21NO2/c1-2-12-5-7-13(8-6-12)15(18)10-16-9-3-4-14(16)11-17/h5-8,14,17H,2-4,9-11H2,1H3. The third-order valence-corrected chi connectivity index (χ3v) is 3.74. The lowest BCUT2D eigenvalue weighted by atomic mass is 10.1. The predicted octanol–water partition coefficient (Wildman–Crippen LogP) is 1.89. The average molecular weight is 247 g/mol. The smallest absolute Gasteiger partial charge is 0.176 e. The SMILES string of the molecule is CCc1ccc(C(=O)CN2CCCC2CO)cc1. The van der Waals surface area contributed by atoms with Crippen molar-refractivity contribution in [2.24, 2.45) is 0 Å². The summed E-state index contributed by atoms with van der Waals surface area (Å²) in [6, 6.07) is 8.02. The van der Waals surface area contributed by atoms with Crippen molar-refractivity contribution in [2.45, 2.75) is 32.2 Å². The van der Waals surface area contributed by atoms with Crippen molar-refractivity contribution in [1.29, 1.82) is 0 Å². The molecule has 98 valence electrons. The van der Waals surface area contributed by atoms with Crippen molar-refractivity contribution < 1.29 is 9.90 Å². The zero-order valence-corrected chi connectivity index (χ0v) is 10.9. The molecule has 3 nitrogen and oxygen atoms in total. The number of carbonyl (C=O) groups is 1. The molecule has 0 spiro atoms. The number of likely N-dealkylation sites (tertiary alicyclic amines) is 1. The van der Waals surface area contributed by atoms with Crippen LogP contribution in [0.3, 0.4) is 0 Å². The number of rotatable bonds is 5. The van der Waals surface area contributed by atoms with Gasteiger partial charge in [0.05, 0.1) is 13.2 Å². The second-order valence-corrected chi connectivity index (χ2v) is 4.92. The van der Waals surface area contributed by atoms with E-state index in [1.54, 1.807) is 0 Å². The molecule has 1 aliphatic rings. The summed E-state index contributed by atoms with van der Waals surface area (Å²) in [5.74, 6) is 0.151. The second kappa shape index (κ2) is 6.12. The van der Waals surface area contributed by atoms with Gasteiger partial charge in [0.2, 0.25) is 0 Å². The summed E-state index contributed by atoms with van der Waals surface area (Å²) in [7, 11) is 0. The lowest BCUT2D eigenvalue weighted by Crippen LogP contribution is -2.36. The lowest BCUT2D eigenvalue weighted by Gasteiger charge is -2.21. The zero-order valence-electron chi connectivity index (χ0n) is 10.9. The van der Waals surface area contributed by atoms with E-state index in [2.05, 4.69) is 11.8 Å². The Bertz CT molecular complexity index is 399. The van der Waals surface area contributed by atoms with Gasteiger partial charge in [0.1, 0.15) is 0 Å². The molecule has 0 amide bonds. The summed E-state index contributed by atoms with van der Waals surface area (Å²) in [4.78, 5) is 14.2. The van der Waals surface area contributed by atoms with Gasteiger partial charge in [-0.05, 0) is 31.4 Å². The van der Waals surface area contributed by atoms with Gasteiger partial charge in [-0.15, -0.1) is 0 Å². The van der Waals surface area contributed by atoms with Crippen molar-refractivity contribution in [3.63, 3.8) is 0 Å². The Morgan fingerprint density at radius 3 is 2.72 bits per heavy atom. The number of aryl methyl sites for hydroxylation is 1. The van der Waals surface area contributed by atoms with E-state index >= 15 is 0 Å². The highest BCUT2D eigenvalue weighted by Crippen LogP contribution is 2.17. The van der Waals surface area contributed by atoms with Gasteiger partial charge in [-0.2, -0.15) is 0 Å². The summed E-state index contributed by atoms with van der Waals surface area (Å²) in [6.07, 6.45) is 3.07. The molecule has 0 aromatic heterocycles. The predicted molar refractivity (Wildman–Crippen MR) is 71.8 cm³/mol. The molecule has 1 aromatic carbocycles. The summed E-state index contributed by atoms with van der Waals surface area (Å²) in [5.41, 5.74) is 2.02. The van der Waals surface area contributed by atoms with Crippen LogP contribution in [0.5, 0.6) is 0 Å². The van der Waals surface area contributed by atoms with Crippen LogP contribution in [0.2, 0.25) is 0 Å². The van der Waals surface area contributed by atoms with Gasteiger partial charge in [0.25, 0.3) is 0 Å². The fraction of sp³-hybridized carbons (Fsp3) is 0.533. The molecule has 1 heterocycles. The van der Waals surface area contributed by atoms with E-state index in [-0.39, 0.29) is 18.4 Å². The van der Waals surface area contributed by atoms with Crippen LogP contribution in [-0.2, 0) is 6.42 Å². The molecule has 1 fully saturated rings. The van der Waals surface area contributed by atoms with Crippen LogP contribution < -0.4 is 0 Å². The summed E-state index contributed by atoms with van der Waals surface area (Å²) >= 11 is 0. The Labute approximate surface area is 108 Å².